The monoisotopic (exact) mass is 491 g/mol. The van der Waals surface area contributed by atoms with Gasteiger partial charge in [-0.1, -0.05) is 82.2 Å². The minimum Gasteiger partial charge on any atom is -1.00 e. The largest absolute Gasteiger partial charge is 3.00 e. The second kappa shape index (κ2) is 9.63. The van der Waals surface area contributed by atoms with E-state index in [1.54, 1.807) is 0 Å². The van der Waals surface area contributed by atoms with Gasteiger partial charge in [0.25, 0.3) is 0 Å². The maximum Gasteiger partial charge on any atom is 3.00 e. The minimum absolute atomic E-state index is 0. The van der Waals surface area contributed by atoms with Crippen molar-refractivity contribution in [1.82, 2.24) is 0 Å². The van der Waals surface area contributed by atoms with E-state index in [4.69, 9.17) is 0 Å². The van der Waals surface area contributed by atoms with Crippen molar-refractivity contribution in [2.24, 2.45) is 10.8 Å². The third kappa shape index (κ3) is 5.22. The number of rotatable bonds is 1. The molecule has 0 atom stereocenters. The zero-order chi connectivity index (χ0) is 18.6. The fraction of sp³-hybridized carbons (Fsp3) is 0.440. The summed E-state index contributed by atoms with van der Waals surface area (Å²) in [5.74, 6) is 0. The van der Waals surface area contributed by atoms with Crippen LogP contribution in [0.25, 0.3) is 11.1 Å². The predicted molar refractivity (Wildman–Crippen MR) is 109 cm³/mol. The number of fused-ring (bicyclic) bond motifs is 1. The van der Waals surface area contributed by atoms with Crippen molar-refractivity contribution >= 4 is 11.1 Å². The quantitative estimate of drug-likeness (QED) is 0.462. The number of allylic oxidation sites excluding steroid dienone is 5. The van der Waals surface area contributed by atoms with E-state index in [0.29, 0.717) is 0 Å². The van der Waals surface area contributed by atoms with Gasteiger partial charge in [-0.3, -0.25) is 0 Å². The Hall–Kier alpha value is -0.357. The molecule has 0 aliphatic heterocycles. The first-order chi connectivity index (χ1) is 11.5. The van der Waals surface area contributed by atoms with E-state index in [1.807, 2.05) is 0 Å². The molecule has 0 unspecified atom stereocenters. The summed E-state index contributed by atoms with van der Waals surface area (Å²) in [6.07, 6.45) is 9.46. The Labute approximate surface area is 202 Å². The topological polar surface area (TPSA) is 0 Å². The van der Waals surface area contributed by atoms with Crippen LogP contribution in [-0.2, 0) is 26.2 Å². The first kappa shape index (κ1) is 27.6. The van der Waals surface area contributed by atoms with E-state index in [0.717, 1.165) is 6.42 Å². The molecule has 2 aliphatic carbocycles. The number of hydrogen-bond donors (Lipinski definition) is 0. The van der Waals surface area contributed by atoms with Crippen molar-refractivity contribution in [2.45, 2.75) is 61.8 Å². The predicted octanol–water partition coefficient (Wildman–Crippen LogP) is -0.527. The van der Waals surface area contributed by atoms with Gasteiger partial charge in [0, 0.05) is 0 Å². The first-order valence-electron chi connectivity index (χ1n) is 9.36. The first-order valence-corrected chi connectivity index (χ1v) is 9.36. The molecule has 0 spiro atoms. The van der Waals surface area contributed by atoms with E-state index >= 15 is 0 Å². The molecule has 0 saturated carbocycles. The van der Waals surface area contributed by atoms with E-state index in [2.05, 4.69) is 91.8 Å². The summed E-state index contributed by atoms with van der Waals surface area (Å²) >= 11 is 0. The van der Waals surface area contributed by atoms with Crippen LogP contribution in [0.4, 0.5) is 0 Å². The molecule has 3 rings (SSSR count). The third-order valence-corrected chi connectivity index (χ3v) is 5.26. The maximum absolute atomic E-state index is 3.76. The van der Waals surface area contributed by atoms with Gasteiger partial charge in [0.2, 0.25) is 0 Å². The molecule has 3 heteroatoms. The Bertz CT molecular complexity index is 942. The summed E-state index contributed by atoms with van der Waals surface area (Å²) in [6.45, 7) is 18.3. The summed E-state index contributed by atoms with van der Waals surface area (Å²) in [5, 5.41) is 2.77. The van der Waals surface area contributed by atoms with Crippen molar-refractivity contribution in [3.8, 4) is 0 Å². The van der Waals surface area contributed by atoms with Gasteiger partial charge in [0.15, 0.2) is 0 Å². The smallest absolute Gasteiger partial charge is 1.00 e. The zero-order valence-corrected chi connectivity index (χ0v) is 22.3. The van der Waals surface area contributed by atoms with Crippen LogP contribution in [0.1, 0.15) is 67.4 Å². The van der Waals surface area contributed by atoms with E-state index in [-0.39, 0.29) is 61.8 Å². The molecule has 149 valence electrons. The van der Waals surface area contributed by atoms with Crippen LogP contribution in [0.3, 0.4) is 0 Å². The van der Waals surface area contributed by atoms with Crippen LogP contribution in [0, 0.1) is 16.9 Å². The molecule has 1 aromatic rings. The molecular weight excluding hydrogens is 462 g/mol. The van der Waals surface area contributed by atoms with Gasteiger partial charge in [-0.15, -0.1) is 39.6 Å². The summed E-state index contributed by atoms with van der Waals surface area (Å²) in [4.78, 5) is 0. The van der Waals surface area contributed by atoms with Gasteiger partial charge in [0.05, 0.1) is 0 Å². The average Bonchev–Trinajstić information content (AvgIpc) is 3.09. The number of benzene rings is 1. The third-order valence-electron chi connectivity index (χ3n) is 5.26. The second-order valence-electron chi connectivity index (χ2n) is 9.66. The van der Waals surface area contributed by atoms with E-state index in [9.17, 15) is 0 Å². The fourth-order valence-corrected chi connectivity index (χ4v) is 3.87. The molecule has 0 fully saturated rings. The molecule has 1 radical (unpaired) electrons. The van der Waals surface area contributed by atoms with Crippen LogP contribution < -0.4 is 35.3 Å². The molecule has 0 aromatic heterocycles. The Morgan fingerprint density at radius 1 is 0.893 bits per heavy atom. The Morgan fingerprint density at radius 3 is 1.96 bits per heavy atom. The van der Waals surface area contributed by atoms with Crippen LogP contribution in [0.5, 0.6) is 0 Å². The van der Waals surface area contributed by atoms with Crippen LogP contribution in [-0.4, -0.2) is 0 Å². The molecule has 0 saturated heterocycles. The average molecular weight is 494 g/mol. The van der Waals surface area contributed by atoms with E-state index in [1.165, 1.54) is 43.9 Å². The number of halogens is 2. The van der Waals surface area contributed by atoms with Gasteiger partial charge in [-0.25, -0.2) is 0 Å². The molecule has 1 aromatic carbocycles. The molecule has 0 bridgehead atoms. The zero-order valence-electron chi connectivity index (χ0n) is 18.3. The van der Waals surface area contributed by atoms with E-state index < -0.39 is 0 Å². The van der Waals surface area contributed by atoms with Crippen molar-refractivity contribution in [3.63, 3.8) is 0 Å². The Kier molecular flexibility index (Phi) is 9.51. The van der Waals surface area contributed by atoms with Crippen LogP contribution >= 0.6 is 0 Å². The van der Waals surface area contributed by atoms with Gasteiger partial charge in [-0.05, 0) is 31.1 Å². The summed E-state index contributed by atoms with van der Waals surface area (Å²) in [7, 11) is 0. The van der Waals surface area contributed by atoms with Crippen molar-refractivity contribution in [1.29, 1.82) is 0 Å². The van der Waals surface area contributed by atoms with Crippen molar-refractivity contribution in [2.75, 3.05) is 0 Å². The second-order valence-corrected chi connectivity index (χ2v) is 9.66. The SMILES string of the molecule is CC(C)=c1cccc2c1=C(C(C)(C)C)C(C1=CC=C(C(C)(C)C)C1)=[C-]2.[Cl-].[Cl-].[Zr+3]. The standard InChI is InChI=1S/C25H31.2ClH.Zr/c1-16(2)20-11-9-10-18-15-21(23(22(18)20)25(6,7)8)17-12-13-19(14-17)24(3,4)5;;;/h9-13H,14H2,1-8H3;2*1H;/q-1;;;+3/p-2. The Balaban J connectivity index is 0.00000243. The fourth-order valence-electron chi connectivity index (χ4n) is 3.87. The molecule has 0 amide bonds. The van der Waals surface area contributed by atoms with Crippen molar-refractivity contribution in [3.05, 3.63) is 69.1 Å². The molecule has 0 nitrogen and oxygen atoms in total. The Morgan fingerprint density at radius 2 is 1.50 bits per heavy atom. The number of hydrogen-bond acceptors (Lipinski definition) is 0. The molecule has 28 heavy (non-hydrogen) atoms. The molecule has 0 N–H and O–H groups in total. The van der Waals surface area contributed by atoms with Crippen molar-refractivity contribution < 1.29 is 51.0 Å². The molecule has 0 heterocycles. The van der Waals surface area contributed by atoms with Crippen LogP contribution in [0.2, 0.25) is 0 Å². The molecular formula is C25H31Cl2Zr. The maximum atomic E-state index is 3.76. The van der Waals surface area contributed by atoms with Crippen LogP contribution in [0.15, 0.2) is 47.1 Å². The summed E-state index contributed by atoms with van der Waals surface area (Å²) in [6, 6.07) is 6.64. The minimum atomic E-state index is 0. The van der Waals surface area contributed by atoms with Gasteiger partial charge in [-0.2, -0.15) is 0 Å². The van der Waals surface area contributed by atoms with Gasteiger partial charge in [0.1, 0.15) is 0 Å². The van der Waals surface area contributed by atoms with Gasteiger partial charge < -0.3 is 24.8 Å². The summed E-state index contributed by atoms with van der Waals surface area (Å²) < 4.78 is 0. The summed E-state index contributed by atoms with van der Waals surface area (Å²) in [5.41, 5.74) is 8.65. The molecule has 2 aliphatic rings. The van der Waals surface area contributed by atoms with Gasteiger partial charge >= 0.3 is 26.2 Å². The normalized spacial score (nSPS) is 15.4.